The first-order chi connectivity index (χ1) is 14.5. The van der Waals surface area contributed by atoms with Crippen LogP contribution in [0.1, 0.15) is 23.2 Å². The molecular weight excluding hydrogens is 453 g/mol. The molecular formula is C21H23BrFN5O2. The number of aromatic nitrogens is 1. The number of pyridine rings is 1. The minimum Gasteiger partial charge on any atom is -0.351 e. The summed E-state index contributed by atoms with van der Waals surface area (Å²) in [5.41, 5.74) is 0.563. The van der Waals surface area contributed by atoms with E-state index in [2.05, 4.69) is 36.4 Å². The predicted molar refractivity (Wildman–Crippen MR) is 115 cm³/mol. The standard InChI is InChI=1S/C21H23BrFN5O2/c22-16-3-1-15(2-4-16)19(29)25-7-10-27-8-5-21(6-9-27)20(30)26-14-28(21)18-11-17(23)12-24-13-18/h1-4,11-13H,5-10,14H2,(H,25,29)(H,26,30). The lowest BCUT2D eigenvalue weighted by Crippen LogP contribution is -2.57. The third-order valence-corrected chi connectivity index (χ3v) is 6.37. The zero-order valence-electron chi connectivity index (χ0n) is 16.4. The summed E-state index contributed by atoms with van der Waals surface area (Å²) in [5, 5.41) is 5.84. The van der Waals surface area contributed by atoms with Gasteiger partial charge in [0.05, 0.1) is 24.7 Å². The lowest BCUT2D eigenvalue weighted by molar-refractivity contribution is -0.125. The van der Waals surface area contributed by atoms with Crippen LogP contribution in [0.25, 0.3) is 0 Å². The Morgan fingerprint density at radius 3 is 2.67 bits per heavy atom. The van der Waals surface area contributed by atoms with Gasteiger partial charge in [-0.2, -0.15) is 0 Å². The van der Waals surface area contributed by atoms with Gasteiger partial charge >= 0.3 is 0 Å². The SMILES string of the molecule is O=C(NCCN1CCC2(CC1)C(=O)NCN2c1cncc(F)c1)c1ccc(Br)cc1. The number of carbonyl (C=O) groups is 2. The monoisotopic (exact) mass is 475 g/mol. The molecule has 2 amide bonds. The van der Waals surface area contributed by atoms with E-state index >= 15 is 0 Å². The zero-order chi connectivity index (χ0) is 21.1. The molecule has 7 nitrogen and oxygen atoms in total. The van der Waals surface area contributed by atoms with Crippen molar-refractivity contribution in [3.63, 3.8) is 0 Å². The van der Waals surface area contributed by atoms with Crippen LogP contribution < -0.4 is 15.5 Å². The molecule has 2 aliphatic rings. The average molecular weight is 476 g/mol. The number of nitrogens with zero attached hydrogens (tertiary/aromatic N) is 3. The first-order valence-electron chi connectivity index (χ1n) is 9.91. The summed E-state index contributed by atoms with van der Waals surface area (Å²) in [4.78, 5) is 33.0. The fraction of sp³-hybridized carbons (Fsp3) is 0.381. The molecule has 0 atom stereocenters. The van der Waals surface area contributed by atoms with Crippen LogP contribution in [0, 0.1) is 5.82 Å². The lowest BCUT2D eigenvalue weighted by Gasteiger charge is -2.43. The highest BCUT2D eigenvalue weighted by Gasteiger charge is 2.50. The van der Waals surface area contributed by atoms with Crippen LogP contribution in [-0.4, -0.2) is 60.1 Å². The van der Waals surface area contributed by atoms with E-state index in [9.17, 15) is 14.0 Å². The lowest BCUT2D eigenvalue weighted by atomic mass is 9.85. The highest BCUT2D eigenvalue weighted by atomic mass is 79.9. The summed E-state index contributed by atoms with van der Waals surface area (Å²) in [7, 11) is 0. The van der Waals surface area contributed by atoms with Gasteiger partial charge in [0.25, 0.3) is 5.91 Å². The van der Waals surface area contributed by atoms with Crippen molar-refractivity contribution in [2.45, 2.75) is 18.4 Å². The molecule has 0 aliphatic carbocycles. The second-order valence-electron chi connectivity index (χ2n) is 7.59. The van der Waals surface area contributed by atoms with Crippen molar-refractivity contribution in [1.82, 2.24) is 20.5 Å². The highest BCUT2D eigenvalue weighted by Crippen LogP contribution is 2.36. The molecule has 2 aliphatic heterocycles. The molecule has 30 heavy (non-hydrogen) atoms. The number of benzene rings is 1. The minimum atomic E-state index is -0.674. The molecule has 158 valence electrons. The van der Waals surface area contributed by atoms with Gasteiger partial charge in [0.15, 0.2) is 0 Å². The van der Waals surface area contributed by atoms with E-state index in [-0.39, 0.29) is 11.8 Å². The number of carbonyl (C=O) groups excluding carboxylic acids is 2. The summed E-state index contributed by atoms with van der Waals surface area (Å²) in [5.74, 6) is -0.535. The molecule has 0 bridgehead atoms. The van der Waals surface area contributed by atoms with Gasteiger partial charge in [0, 0.05) is 42.3 Å². The Hall–Kier alpha value is -2.52. The summed E-state index contributed by atoms with van der Waals surface area (Å²) in [6.45, 7) is 3.04. The van der Waals surface area contributed by atoms with Crippen LogP contribution in [0.2, 0.25) is 0 Å². The molecule has 9 heteroatoms. The van der Waals surface area contributed by atoms with Gasteiger partial charge in [-0.25, -0.2) is 4.39 Å². The van der Waals surface area contributed by atoms with Crippen LogP contribution in [0.5, 0.6) is 0 Å². The molecule has 1 spiro atoms. The molecule has 1 aromatic heterocycles. The maximum atomic E-state index is 13.6. The smallest absolute Gasteiger partial charge is 0.251 e. The van der Waals surface area contributed by atoms with Gasteiger partial charge in [0.1, 0.15) is 11.4 Å². The van der Waals surface area contributed by atoms with Gasteiger partial charge in [-0.15, -0.1) is 0 Å². The number of anilines is 1. The molecule has 3 heterocycles. The Balaban J connectivity index is 1.32. The second-order valence-corrected chi connectivity index (χ2v) is 8.51. The normalized spacial score (nSPS) is 18.5. The van der Waals surface area contributed by atoms with Crippen LogP contribution in [0.15, 0.2) is 47.2 Å². The van der Waals surface area contributed by atoms with Gasteiger partial charge in [0.2, 0.25) is 5.91 Å². The van der Waals surface area contributed by atoms with Crippen LogP contribution in [-0.2, 0) is 4.79 Å². The van der Waals surface area contributed by atoms with Crippen LogP contribution in [0.3, 0.4) is 0 Å². The Labute approximate surface area is 182 Å². The Morgan fingerprint density at radius 2 is 1.97 bits per heavy atom. The summed E-state index contributed by atoms with van der Waals surface area (Å²) in [6, 6.07) is 8.65. The number of piperidine rings is 1. The average Bonchev–Trinajstić information content (AvgIpc) is 3.05. The third kappa shape index (κ3) is 4.17. The number of nitrogens with one attached hydrogen (secondary N) is 2. The summed E-state index contributed by atoms with van der Waals surface area (Å²) < 4.78 is 14.6. The molecule has 2 saturated heterocycles. The van der Waals surface area contributed by atoms with E-state index in [1.165, 1.54) is 6.07 Å². The topological polar surface area (TPSA) is 77.6 Å². The molecule has 1 aromatic carbocycles. The van der Waals surface area contributed by atoms with Gasteiger partial charge in [-0.3, -0.25) is 14.6 Å². The van der Waals surface area contributed by atoms with Crippen molar-refractivity contribution >= 4 is 33.4 Å². The summed E-state index contributed by atoms with van der Waals surface area (Å²) in [6.07, 6.45) is 4.02. The van der Waals surface area contributed by atoms with Crippen molar-refractivity contribution in [3.8, 4) is 0 Å². The number of halogens is 2. The van der Waals surface area contributed by atoms with Crippen molar-refractivity contribution in [1.29, 1.82) is 0 Å². The fourth-order valence-corrected chi connectivity index (χ4v) is 4.41. The maximum absolute atomic E-state index is 13.6. The Morgan fingerprint density at radius 1 is 1.23 bits per heavy atom. The number of rotatable bonds is 5. The molecule has 2 N–H and O–H groups in total. The van der Waals surface area contributed by atoms with E-state index in [1.807, 2.05) is 17.0 Å². The minimum absolute atomic E-state index is 0.0186. The van der Waals surface area contributed by atoms with Crippen molar-refractivity contribution in [3.05, 3.63) is 58.6 Å². The first-order valence-corrected chi connectivity index (χ1v) is 10.7. The number of hydrogen-bond acceptors (Lipinski definition) is 5. The molecule has 0 saturated carbocycles. The van der Waals surface area contributed by atoms with Gasteiger partial charge in [-0.05, 0) is 37.1 Å². The van der Waals surface area contributed by atoms with E-state index in [4.69, 9.17) is 0 Å². The molecule has 0 unspecified atom stereocenters. The molecule has 4 rings (SSSR count). The second kappa shape index (κ2) is 8.69. The third-order valence-electron chi connectivity index (χ3n) is 5.84. The zero-order valence-corrected chi connectivity index (χ0v) is 18.0. The molecule has 2 aromatic rings. The van der Waals surface area contributed by atoms with E-state index in [1.54, 1.807) is 18.3 Å². The number of hydrogen-bond donors (Lipinski definition) is 2. The number of likely N-dealkylation sites (tertiary alicyclic amines) is 1. The Bertz CT molecular complexity index is 931. The quantitative estimate of drug-likeness (QED) is 0.692. The van der Waals surface area contributed by atoms with E-state index in [0.717, 1.165) is 23.8 Å². The summed E-state index contributed by atoms with van der Waals surface area (Å²) >= 11 is 3.36. The van der Waals surface area contributed by atoms with Crippen molar-refractivity contribution < 1.29 is 14.0 Å². The van der Waals surface area contributed by atoms with E-state index in [0.29, 0.717) is 43.9 Å². The number of amides is 2. The van der Waals surface area contributed by atoms with Gasteiger partial charge in [-0.1, -0.05) is 15.9 Å². The molecule has 0 radical (unpaired) electrons. The van der Waals surface area contributed by atoms with E-state index < -0.39 is 11.4 Å². The fourth-order valence-electron chi connectivity index (χ4n) is 4.15. The van der Waals surface area contributed by atoms with Crippen molar-refractivity contribution in [2.75, 3.05) is 37.7 Å². The molecule has 2 fully saturated rings. The van der Waals surface area contributed by atoms with Crippen LogP contribution >= 0.6 is 15.9 Å². The Kier molecular flexibility index (Phi) is 6.01. The predicted octanol–water partition coefficient (Wildman–Crippen LogP) is 2.14. The van der Waals surface area contributed by atoms with Crippen molar-refractivity contribution in [2.24, 2.45) is 0 Å². The van der Waals surface area contributed by atoms with Crippen LogP contribution in [0.4, 0.5) is 10.1 Å². The highest BCUT2D eigenvalue weighted by molar-refractivity contribution is 9.10. The van der Waals surface area contributed by atoms with Gasteiger partial charge < -0.3 is 20.4 Å². The largest absolute Gasteiger partial charge is 0.351 e. The first kappa shape index (κ1) is 20.7. The maximum Gasteiger partial charge on any atom is 0.251 e.